The number of carbonyl (C=O) groups excluding carboxylic acids is 2. The summed E-state index contributed by atoms with van der Waals surface area (Å²) in [6.07, 6.45) is 28.0. The Balaban J connectivity index is 3.80. The molecule has 4 N–H and O–H groups in total. The average molecular weight is 481 g/mol. The summed E-state index contributed by atoms with van der Waals surface area (Å²) >= 11 is 0. The van der Waals surface area contributed by atoms with Crippen molar-refractivity contribution in [3.63, 3.8) is 0 Å². The second-order valence-electron chi connectivity index (χ2n) is 10.6. The first-order valence-corrected chi connectivity index (χ1v) is 15.1. The molecule has 0 spiro atoms. The molecule has 0 aromatic carbocycles. The normalized spacial score (nSPS) is 11.8. The van der Waals surface area contributed by atoms with Crippen LogP contribution in [0.3, 0.4) is 0 Å². The van der Waals surface area contributed by atoms with E-state index < -0.39 is 5.54 Å². The van der Waals surface area contributed by atoms with Gasteiger partial charge in [-0.05, 0) is 12.8 Å². The quantitative estimate of drug-likeness (QED) is 0.0916. The predicted molar refractivity (Wildman–Crippen MR) is 148 cm³/mol. The van der Waals surface area contributed by atoms with Gasteiger partial charge in [0.1, 0.15) is 5.54 Å². The van der Waals surface area contributed by atoms with Crippen molar-refractivity contribution >= 4 is 11.6 Å². The first kappa shape index (κ1) is 33.3. The molecule has 0 aromatic heterocycles. The molecule has 0 radical (unpaired) electrons. The van der Waals surface area contributed by atoms with E-state index in [-0.39, 0.29) is 18.1 Å². The molecule has 0 saturated carbocycles. The van der Waals surface area contributed by atoms with Gasteiger partial charge in [-0.1, -0.05) is 142 Å². The molecule has 0 fully saturated rings. The highest BCUT2D eigenvalue weighted by molar-refractivity contribution is 6.11. The van der Waals surface area contributed by atoms with E-state index in [0.717, 1.165) is 38.5 Å². The van der Waals surface area contributed by atoms with E-state index >= 15 is 0 Å². The molecule has 34 heavy (non-hydrogen) atoms. The number of hydrogen-bond donors (Lipinski definition) is 2. The summed E-state index contributed by atoms with van der Waals surface area (Å²) in [7, 11) is 0. The minimum atomic E-state index is -1.46. The van der Waals surface area contributed by atoms with E-state index in [4.69, 9.17) is 11.5 Å². The molecule has 0 aromatic rings. The number of rotatable bonds is 27. The van der Waals surface area contributed by atoms with Crippen LogP contribution in [0.1, 0.15) is 168 Å². The van der Waals surface area contributed by atoms with Gasteiger partial charge in [-0.25, -0.2) is 0 Å². The molecule has 0 saturated heterocycles. The first-order chi connectivity index (χ1) is 16.5. The second-order valence-corrected chi connectivity index (χ2v) is 10.6. The van der Waals surface area contributed by atoms with Gasteiger partial charge in [-0.15, -0.1) is 0 Å². The smallest absolute Gasteiger partial charge is 0.161 e. The second kappa shape index (κ2) is 24.0. The highest BCUT2D eigenvalue weighted by Gasteiger charge is 2.38. The Labute approximate surface area is 212 Å². The van der Waals surface area contributed by atoms with E-state index in [0.29, 0.717) is 12.8 Å². The largest absolute Gasteiger partial charge is 0.328 e. The fourth-order valence-electron chi connectivity index (χ4n) is 4.73. The van der Waals surface area contributed by atoms with Crippen LogP contribution in [0.4, 0.5) is 0 Å². The lowest BCUT2D eigenvalue weighted by atomic mass is 9.84. The third-order valence-electron chi connectivity index (χ3n) is 7.33. The Bertz CT molecular complexity index is 440. The van der Waals surface area contributed by atoms with Crippen molar-refractivity contribution < 1.29 is 9.59 Å². The van der Waals surface area contributed by atoms with Crippen LogP contribution in [0.5, 0.6) is 0 Å². The molecule has 0 heterocycles. The molecule has 0 aliphatic carbocycles. The summed E-state index contributed by atoms with van der Waals surface area (Å²) in [5.74, 6) is -0.307. The number of hydrogen-bond acceptors (Lipinski definition) is 4. The number of ketones is 2. The number of Topliss-reactive ketones (excluding diaryl/α,β-unsaturated/α-hetero) is 2. The highest BCUT2D eigenvalue weighted by Crippen LogP contribution is 2.17. The van der Waals surface area contributed by atoms with Crippen LogP contribution in [0.25, 0.3) is 0 Å². The summed E-state index contributed by atoms with van der Waals surface area (Å²) in [4.78, 5) is 25.3. The van der Waals surface area contributed by atoms with Crippen LogP contribution < -0.4 is 11.5 Å². The van der Waals surface area contributed by atoms with Gasteiger partial charge in [0.25, 0.3) is 0 Å². The Morgan fingerprint density at radius 1 is 0.471 bits per heavy atom. The molecule has 202 valence electrons. The molecular weight excluding hydrogens is 420 g/mol. The fraction of sp³-hybridized carbons (Fsp3) is 0.933. The molecule has 4 heteroatoms. The topological polar surface area (TPSA) is 86.2 Å². The third-order valence-corrected chi connectivity index (χ3v) is 7.33. The van der Waals surface area contributed by atoms with Crippen molar-refractivity contribution in [1.29, 1.82) is 0 Å². The summed E-state index contributed by atoms with van der Waals surface area (Å²) < 4.78 is 0. The van der Waals surface area contributed by atoms with Gasteiger partial charge in [0.15, 0.2) is 11.6 Å². The Kier molecular flexibility index (Phi) is 23.5. The molecule has 0 unspecified atom stereocenters. The van der Waals surface area contributed by atoms with Crippen molar-refractivity contribution in [3.8, 4) is 0 Å². The van der Waals surface area contributed by atoms with E-state index in [2.05, 4.69) is 13.8 Å². The van der Waals surface area contributed by atoms with E-state index in [1.54, 1.807) is 0 Å². The Morgan fingerprint density at radius 2 is 0.706 bits per heavy atom. The zero-order chi connectivity index (χ0) is 25.3. The van der Waals surface area contributed by atoms with Crippen LogP contribution in [0.15, 0.2) is 0 Å². The van der Waals surface area contributed by atoms with Gasteiger partial charge in [0, 0.05) is 19.4 Å². The summed E-state index contributed by atoms with van der Waals surface area (Å²) in [6, 6.07) is 0. The van der Waals surface area contributed by atoms with E-state index in [9.17, 15) is 9.59 Å². The maximum Gasteiger partial charge on any atom is 0.161 e. The van der Waals surface area contributed by atoms with Crippen molar-refractivity contribution in [3.05, 3.63) is 0 Å². The average Bonchev–Trinajstić information content (AvgIpc) is 2.84. The molecule has 4 nitrogen and oxygen atoms in total. The van der Waals surface area contributed by atoms with Crippen molar-refractivity contribution in [2.75, 3.05) is 6.54 Å². The SMILES string of the molecule is CCCCCCCCCCCCCC(=O)C(N)(CN)C(=O)CCCCCCCCCCCCC. The predicted octanol–water partition coefficient (Wildman–Crippen LogP) is 8.18. The monoisotopic (exact) mass is 480 g/mol. The fourth-order valence-corrected chi connectivity index (χ4v) is 4.73. The maximum atomic E-state index is 12.7. The van der Waals surface area contributed by atoms with Gasteiger partial charge in [-0.2, -0.15) is 0 Å². The highest BCUT2D eigenvalue weighted by atomic mass is 16.2. The van der Waals surface area contributed by atoms with Gasteiger partial charge in [0.2, 0.25) is 0 Å². The lowest BCUT2D eigenvalue weighted by Gasteiger charge is -2.25. The third kappa shape index (κ3) is 17.7. The first-order valence-electron chi connectivity index (χ1n) is 15.1. The van der Waals surface area contributed by atoms with Crippen molar-refractivity contribution in [1.82, 2.24) is 0 Å². The molecule has 0 bridgehead atoms. The minimum absolute atomic E-state index is 0.0687. The Hall–Kier alpha value is -0.740. The lowest BCUT2D eigenvalue weighted by Crippen LogP contribution is -2.60. The van der Waals surface area contributed by atoms with Crippen molar-refractivity contribution in [2.24, 2.45) is 11.5 Å². The number of nitrogens with two attached hydrogens (primary N) is 2. The summed E-state index contributed by atoms with van der Waals surface area (Å²) in [5, 5.41) is 0. The maximum absolute atomic E-state index is 12.7. The Morgan fingerprint density at radius 3 is 0.941 bits per heavy atom. The molecular formula is C30H60N2O2. The standard InChI is InChI=1S/C30H60N2O2/c1-3-5-7-9-11-13-15-17-19-21-23-25-28(33)30(32,27-31)29(34)26-24-22-20-18-16-14-12-10-8-6-4-2/h3-27,31-32H2,1-2H3. The molecule has 0 amide bonds. The molecule has 0 aliphatic heterocycles. The van der Waals surface area contributed by atoms with Crippen LogP contribution in [0.2, 0.25) is 0 Å². The van der Waals surface area contributed by atoms with E-state index in [1.807, 2.05) is 0 Å². The van der Waals surface area contributed by atoms with Crippen molar-refractivity contribution in [2.45, 2.75) is 173 Å². The van der Waals surface area contributed by atoms with E-state index in [1.165, 1.54) is 103 Å². The zero-order valence-electron chi connectivity index (χ0n) is 23.1. The number of carbonyl (C=O) groups is 2. The van der Waals surface area contributed by atoms with Crippen LogP contribution in [0, 0.1) is 0 Å². The molecule has 0 rings (SSSR count). The van der Waals surface area contributed by atoms with Crippen LogP contribution in [-0.2, 0) is 9.59 Å². The van der Waals surface area contributed by atoms with Gasteiger partial charge in [0.05, 0.1) is 0 Å². The van der Waals surface area contributed by atoms with Crippen LogP contribution in [-0.4, -0.2) is 23.7 Å². The summed E-state index contributed by atoms with van der Waals surface area (Å²) in [5.41, 5.74) is 10.6. The zero-order valence-corrected chi connectivity index (χ0v) is 23.1. The van der Waals surface area contributed by atoms with Crippen LogP contribution >= 0.6 is 0 Å². The number of unbranched alkanes of at least 4 members (excludes halogenated alkanes) is 20. The lowest BCUT2D eigenvalue weighted by molar-refractivity contribution is -0.134. The molecule has 0 atom stereocenters. The van der Waals surface area contributed by atoms with Gasteiger partial charge >= 0.3 is 0 Å². The van der Waals surface area contributed by atoms with Gasteiger partial charge < -0.3 is 11.5 Å². The molecule has 0 aliphatic rings. The minimum Gasteiger partial charge on any atom is -0.328 e. The summed E-state index contributed by atoms with van der Waals surface area (Å²) in [6.45, 7) is 4.44. The van der Waals surface area contributed by atoms with Gasteiger partial charge in [-0.3, -0.25) is 9.59 Å².